The molecule has 0 bridgehead atoms. The minimum atomic E-state index is -1.29. The highest BCUT2D eigenvalue weighted by Gasteiger charge is 2.64. The largest absolute Gasteiger partial charge is 0.480 e. The number of fused-ring (bicyclic) bond motifs is 1. The van der Waals surface area contributed by atoms with Crippen molar-refractivity contribution in [1.29, 1.82) is 0 Å². The molecule has 0 aromatic carbocycles. The number of hydrogen-bond acceptors (Lipinski definition) is 3. The zero-order valence-electron chi connectivity index (χ0n) is 15.1. The monoisotopic (exact) mass is 366 g/mol. The third-order valence-corrected chi connectivity index (χ3v) is 6.80. The van der Waals surface area contributed by atoms with Crippen LogP contribution < -0.4 is 0 Å². The Morgan fingerprint density at radius 3 is 2.42 bits per heavy atom. The fraction of sp³-hybridized carbons (Fsp3) is 0.824. The van der Waals surface area contributed by atoms with Gasteiger partial charge in [-0.2, -0.15) is 0 Å². The molecule has 8 nitrogen and oxygen atoms in total. The number of rotatable bonds is 5. The van der Waals surface area contributed by atoms with Gasteiger partial charge in [-0.25, -0.2) is 14.4 Å². The summed E-state index contributed by atoms with van der Waals surface area (Å²) < 4.78 is 0. The van der Waals surface area contributed by atoms with Gasteiger partial charge in [0, 0.05) is 18.0 Å². The lowest BCUT2D eigenvalue weighted by molar-refractivity contribution is -0.143. The van der Waals surface area contributed by atoms with Gasteiger partial charge in [0.15, 0.2) is 0 Å². The predicted octanol–water partition coefficient (Wildman–Crippen LogP) is 2.17. The molecule has 5 unspecified atom stereocenters. The second kappa shape index (κ2) is 7.00. The van der Waals surface area contributed by atoms with E-state index in [4.69, 9.17) is 0 Å². The summed E-state index contributed by atoms with van der Waals surface area (Å²) in [6, 6.07) is -1.73. The molecule has 3 heterocycles. The maximum absolute atomic E-state index is 12.2. The van der Waals surface area contributed by atoms with Crippen LogP contribution in [0.1, 0.15) is 45.4 Å². The number of nitrogens with zero attached hydrogens (tertiary/aromatic N) is 2. The first kappa shape index (κ1) is 18.9. The van der Waals surface area contributed by atoms with Crippen LogP contribution in [0.4, 0.5) is 9.59 Å². The Hall–Kier alpha value is -1.93. The molecule has 3 aliphatic heterocycles. The second-order valence-electron chi connectivity index (χ2n) is 7.99. The first-order chi connectivity index (χ1) is 12.3. The smallest absolute Gasteiger partial charge is 0.408 e. The van der Waals surface area contributed by atoms with Crippen LogP contribution in [0.15, 0.2) is 0 Å². The van der Waals surface area contributed by atoms with Crippen LogP contribution in [0, 0.1) is 5.92 Å². The van der Waals surface area contributed by atoms with E-state index in [0.29, 0.717) is 6.42 Å². The van der Waals surface area contributed by atoms with E-state index in [1.165, 1.54) is 4.90 Å². The van der Waals surface area contributed by atoms with E-state index in [-0.39, 0.29) is 12.4 Å². The molecule has 3 N–H and O–H groups in total. The Kier molecular flexibility index (Phi) is 5.08. The molecular formula is C17H27BN2O6. The zero-order valence-corrected chi connectivity index (χ0v) is 15.1. The topological polar surface area (TPSA) is 118 Å². The van der Waals surface area contributed by atoms with Crippen molar-refractivity contribution in [1.82, 2.24) is 9.80 Å². The average Bonchev–Trinajstić information content (AvgIpc) is 3.25. The van der Waals surface area contributed by atoms with Crippen molar-refractivity contribution in [3.05, 3.63) is 0 Å². The lowest BCUT2D eigenvalue weighted by atomic mass is 9.56. The van der Waals surface area contributed by atoms with E-state index in [1.807, 2.05) is 0 Å². The number of unbranched alkanes of at least 4 members (excludes halogenated alkanes) is 1. The molecule has 9 heteroatoms. The molecule has 3 aliphatic rings. The first-order valence-corrected chi connectivity index (χ1v) is 9.58. The van der Waals surface area contributed by atoms with Gasteiger partial charge in [-0.1, -0.05) is 38.9 Å². The second-order valence-corrected chi connectivity index (χ2v) is 7.99. The highest BCUT2D eigenvalue weighted by molar-refractivity contribution is 6.39. The van der Waals surface area contributed by atoms with Crippen molar-refractivity contribution in [2.75, 3.05) is 6.54 Å². The summed E-state index contributed by atoms with van der Waals surface area (Å²) in [5.41, 5.74) is -0.550. The number of aliphatic carboxylic acids is 1. The van der Waals surface area contributed by atoms with Crippen LogP contribution in [0.2, 0.25) is 12.1 Å². The summed E-state index contributed by atoms with van der Waals surface area (Å²) in [5.74, 6) is -1.41. The van der Waals surface area contributed by atoms with Crippen LogP contribution in [0.3, 0.4) is 0 Å². The van der Waals surface area contributed by atoms with E-state index in [2.05, 4.69) is 6.92 Å². The normalized spacial score (nSPS) is 36.0. The van der Waals surface area contributed by atoms with Crippen molar-refractivity contribution in [2.24, 2.45) is 5.92 Å². The fourth-order valence-electron chi connectivity index (χ4n) is 5.83. The van der Waals surface area contributed by atoms with E-state index in [0.717, 1.165) is 50.6 Å². The van der Waals surface area contributed by atoms with E-state index in [1.54, 1.807) is 0 Å². The Bertz CT molecular complexity index is 596. The van der Waals surface area contributed by atoms with Gasteiger partial charge < -0.3 is 15.3 Å². The SMILES string of the molecule is CCCCC1(C2BCCC2)CC2C(C(=O)O)N(C(=O)O)CC2N1C(=O)O. The number of amides is 2. The maximum atomic E-state index is 12.2. The van der Waals surface area contributed by atoms with Crippen LogP contribution in [-0.2, 0) is 4.79 Å². The Labute approximate surface area is 153 Å². The van der Waals surface area contributed by atoms with Gasteiger partial charge in [-0.3, -0.25) is 9.80 Å². The average molecular weight is 366 g/mol. The molecule has 0 spiro atoms. The van der Waals surface area contributed by atoms with Crippen molar-refractivity contribution < 1.29 is 29.7 Å². The van der Waals surface area contributed by atoms with Gasteiger partial charge in [-0.05, 0) is 18.7 Å². The standard InChI is InChI=1S/C17H27BN2O6/c1-2-3-6-17(12-5-4-7-18-12)8-10-11(20(17)16(25)26)9-19(15(23)24)13(10)14(21)22/h10-13,18H,2-9H2,1H3,(H,21,22)(H,23,24)(H,25,26). The summed E-state index contributed by atoms with van der Waals surface area (Å²) in [6.07, 6.45) is 3.79. The highest BCUT2D eigenvalue weighted by Crippen LogP contribution is 2.55. The molecule has 5 atom stereocenters. The zero-order chi connectivity index (χ0) is 19.1. The summed E-state index contributed by atoms with van der Waals surface area (Å²) in [4.78, 5) is 37.9. The molecule has 0 aliphatic carbocycles. The van der Waals surface area contributed by atoms with E-state index < -0.39 is 41.7 Å². The third-order valence-electron chi connectivity index (χ3n) is 6.80. The van der Waals surface area contributed by atoms with E-state index >= 15 is 0 Å². The molecule has 0 saturated carbocycles. The molecule has 0 aromatic heterocycles. The Morgan fingerprint density at radius 1 is 1.19 bits per heavy atom. The number of likely N-dealkylation sites (tertiary alicyclic amines) is 2. The Balaban J connectivity index is 2.01. The van der Waals surface area contributed by atoms with Gasteiger partial charge in [0.05, 0.1) is 6.04 Å². The fourth-order valence-corrected chi connectivity index (χ4v) is 5.83. The molecule has 0 radical (unpaired) electrons. The summed E-state index contributed by atoms with van der Waals surface area (Å²) in [6.45, 7) is 2.01. The van der Waals surface area contributed by atoms with Gasteiger partial charge in [-0.15, -0.1) is 0 Å². The Morgan fingerprint density at radius 2 is 1.92 bits per heavy atom. The van der Waals surface area contributed by atoms with Gasteiger partial charge in [0.1, 0.15) is 13.3 Å². The van der Waals surface area contributed by atoms with Crippen LogP contribution >= 0.6 is 0 Å². The summed E-state index contributed by atoms with van der Waals surface area (Å²) in [7, 11) is 0.966. The van der Waals surface area contributed by atoms with Gasteiger partial charge in [0.25, 0.3) is 0 Å². The van der Waals surface area contributed by atoms with Gasteiger partial charge >= 0.3 is 18.2 Å². The quantitative estimate of drug-likeness (QED) is 0.642. The van der Waals surface area contributed by atoms with Crippen molar-refractivity contribution in [2.45, 2.75) is 75.2 Å². The minimum absolute atomic E-state index is 0.0517. The van der Waals surface area contributed by atoms with Crippen molar-refractivity contribution >= 4 is 25.4 Å². The van der Waals surface area contributed by atoms with Gasteiger partial charge in [0.2, 0.25) is 0 Å². The first-order valence-electron chi connectivity index (χ1n) is 9.58. The lowest BCUT2D eigenvalue weighted by Gasteiger charge is -2.44. The molecule has 26 heavy (non-hydrogen) atoms. The number of hydrogen-bond donors (Lipinski definition) is 3. The van der Waals surface area contributed by atoms with Crippen LogP contribution in [0.5, 0.6) is 0 Å². The number of carboxylic acids is 1. The van der Waals surface area contributed by atoms with Crippen LogP contribution in [-0.4, -0.2) is 74.7 Å². The summed E-state index contributed by atoms with van der Waals surface area (Å²) >= 11 is 0. The van der Waals surface area contributed by atoms with Crippen molar-refractivity contribution in [3.8, 4) is 0 Å². The molecule has 144 valence electrons. The third kappa shape index (κ3) is 2.81. The molecular weight excluding hydrogens is 339 g/mol. The maximum Gasteiger partial charge on any atom is 0.408 e. The molecule has 0 aromatic rings. The van der Waals surface area contributed by atoms with Crippen LogP contribution in [0.25, 0.3) is 0 Å². The molecule has 3 saturated heterocycles. The molecule has 3 rings (SSSR count). The lowest BCUT2D eigenvalue weighted by Crippen LogP contribution is -2.55. The van der Waals surface area contributed by atoms with E-state index in [9.17, 15) is 29.7 Å². The number of carbonyl (C=O) groups is 3. The molecule has 2 amide bonds. The highest BCUT2D eigenvalue weighted by atomic mass is 16.4. The molecule has 3 fully saturated rings. The predicted molar refractivity (Wildman–Crippen MR) is 95.1 cm³/mol. The number of carboxylic acid groups (broad SMARTS) is 3. The summed E-state index contributed by atoms with van der Waals surface area (Å²) in [5, 5.41) is 29.1. The van der Waals surface area contributed by atoms with Crippen molar-refractivity contribution in [3.63, 3.8) is 0 Å². The minimum Gasteiger partial charge on any atom is -0.480 e.